The highest BCUT2D eigenvalue weighted by Crippen LogP contribution is 2.30. The maximum absolute atomic E-state index is 12.1. The number of piperidine rings is 1. The molecular weight excluding hydrogens is 306 g/mol. The van der Waals surface area contributed by atoms with Crippen molar-refractivity contribution >= 4 is 34.2 Å². The van der Waals surface area contributed by atoms with Gasteiger partial charge in [0.1, 0.15) is 5.78 Å². The molecule has 1 unspecified atom stereocenters. The Morgan fingerprint density at radius 2 is 2.12 bits per heavy atom. The number of fused-ring (bicyclic) bond motifs is 1. The molecular formula is C18H19N3O3. The number of aryl methyl sites for hydroxylation is 1. The smallest absolute Gasteiger partial charge is 0.234 e. The predicted molar refractivity (Wildman–Crippen MR) is 90.8 cm³/mol. The third kappa shape index (κ3) is 3.27. The molecule has 1 saturated heterocycles. The topological polar surface area (TPSA) is 88.2 Å². The maximum Gasteiger partial charge on any atom is 0.234 e. The van der Waals surface area contributed by atoms with Crippen LogP contribution in [0.25, 0.3) is 10.9 Å². The molecule has 124 valence electrons. The van der Waals surface area contributed by atoms with Crippen LogP contribution in [0.4, 0.5) is 5.69 Å². The van der Waals surface area contributed by atoms with E-state index in [1.54, 1.807) is 0 Å². The molecule has 0 radical (unpaired) electrons. The monoisotopic (exact) mass is 325 g/mol. The molecule has 2 aromatic rings. The molecule has 0 spiro atoms. The van der Waals surface area contributed by atoms with Gasteiger partial charge in [-0.15, -0.1) is 0 Å². The molecule has 6 heteroatoms. The summed E-state index contributed by atoms with van der Waals surface area (Å²) in [7, 11) is 0. The second-order valence-corrected chi connectivity index (χ2v) is 6.13. The van der Waals surface area contributed by atoms with Crippen LogP contribution in [0.15, 0.2) is 24.3 Å². The lowest BCUT2D eigenvalue weighted by molar-refractivity contribution is -0.134. The predicted octanol–water partition coefficient (Wildman–Crippen LogP) is 2.06. The summed E-state index contributed by atoms with van der Waals surface area (Å²) in [5.41, 5.74) is 3.30. The summed E-state index contributed by atoms with van der Waals surface area (Å²) in [5, 5.41) is 6.35. The Balaban J connectivity index is 1.96. The lowest BCUT2D eigenvalue weighted by Gasteiger charge is -2.22. The fourth-order valence-electron chi connectivity index (χ4n) is 2.97. The molecule has 1 aliphatic rings. The summed E-state index contributed by atoms with van der Waals surface area (Å²) in [6.07, 6.45) is 0.842. The molecule has 1 aliphatic heterocycles. The standard InChI is InChI=1S/C18H19N3O3/c1-10(22)9-19-13-3-5-16-12(7-13)8-15(11(2)20-16)14-4-6-17(23)21-18(14)24/h3,5,7-8,14,19H,4,6,9H2,1-2H3,(H,21,23,24). The van der Waals surface area contributed by atoms with Crippen LogP contribution in [0, 0.1) is 6.92 Å². The number of aromatic nitrogens is 1. The molecule has 1 fully saturated rings. The zero-order valence-corrected chi connectivity index (χ0v) is 13.7. The molecule has 2 amide bonds. The number of carbonyl (C=O) groups is 3. The quantitative estimate of drug-likeness (QED) is 0.840. The van der Waals surface area contributed by atoms with Gasteiger partial charge in [-0.05, 0) is 50.1 Å². The van der Waals surface area contributed by atoms with E-state index >= 15 is 0 Å². The fourth-order valence-corrected chi connectivity index (χ4v) is 2.97. The van der Waals surface area contributed by atoms with Crippen LogP contribution in [0.1, 0.15) is 36.9 Å². The van der Waals surface area contributed by atoms with Crippen molar-refractivity contribution in [3.05, 3.63) is 35.5 Å². The van der Waals surface area contributed by atoms with Crippen LogP contribution in [0.2, 0.25) is 0 Å². The first kappa shape index (κ1) is 16.1. The van der Waals surface area contributed by atoms with Gasteiger partial charge in [0.05, 0.1) is 18.0 Å². The summed E-state index contributed by atoms with van der Waals surface area (Å²) < 4.78 is 0. The molecule has 1 aromatic carbocycles. The van der Waals surface area contributed by atoms with Crippen molar-refractivity contribution in [2.45, 2.75) is 32.6 Å². The van der Waals surface area contributed by atoms with Crippen LogP contribution in [-0.2, 0) is 14.4 Å². The van der Waals surface area contributed by atoms with E-state index in [-0.39, 0.29) is 30.1 Å². The van der Waals surface area contributed by atoms with Crippen molar-refractivity contribution in [2.24, 2.45) is 0 Å². The summed E-state index contributed by atoms with van der Waals surface area (Å²) in [5.74, 6) is -0.783. The highest BCUT2D eigenvalue weighted by Gasteiger charge is 2.29. The minimum absolute atomic E-state index is 0.0568. The molecule has 0 aliphatic carbocycles. The number of Topliss-reactive ketones (excluding diaryl/α,β-unsaturated/α-hetero) is 1. The number of carbonyl (C=O) groups excluding carboxylic acids is 3. The number of nitrogens with zero attached hydrogens (tertiary/aromatic N) is 1. The van der Waals surface area contributed by atoms with Gasteiger partial charge in [0, 0.05) is 23.2 Å². The first-order valence-electron chi connectivity index (χ1n) is 7.92. The summed E-state index contributed by atoms with van der Waals surface area (Å²) >= 11 is 0. The van der Waals surface area contributed by atoms with Crippen molar-refractivity contribution in [1.82, 2.24) is 10.3 Å². The molecule has 1 aromatic heterocycles. The number of pyridine rings is 1. The summed E-state index contributed by atoms with van der Waals surface area (Å²) in [4.78, 5) is 39.1. The Labute approximate surface area is 139 Å². The van der Waals surface area contributed by atoms with Gasteiger partial charge in [-0.3, -0.25) is 24.7 Å². The SMILES string of the molecule is CC(=O)CNc1ccc2nc(C)c(C3CCC(=O)NC3=O)cc2c1. The van der Waals surface area contributed by atoms with Gasteiger partial charge >= 0.3 is 0 Å². The Hall–Kier alpha value is -2.76. The highest BCUT2D eigenvalue weighted by molar-refractivity contribution is 6.01. The van der Waals surface area contributed by atoms with Gasteiger partial charge in [0.2, 0.25) is 11.8 Å². The molecule has 0 bridgehead atoms. The molecule has 6 nitrogen and oxygen atoms in total. The van der Waals surface area contributed by atoms with E-state index in [1.165, 1.54) is 6.92 Å². The van der Waals surface area contributed by atoms with E-state index in [2.05, 4.69) is 15.6 Å². The second-order valence-electron chi connectivity index (χ2n) is 6.13. The summed E-state index contributed by atoms with van der Waals surface area (Å²) in [6.45, 7) is 3.67. The minimum atomic E-state index is -0.353. The van der Waals surface area contributed by atoms with E-state index in [9.17, 15) is 14.4 Å². The largest absolute Gasteiger partial charge is 0.378 e. The third-order valence-electron chi connectivity index (χ3n) is 4.20. The second kappa shape index (κ2) is 6.39. The van der Waals surface area contributed by atoms with E-state index in [4.69, 9.17) is 0 Å². The molecule has 0 saturated carbocycles. The van der Waals surface area contributed by atoms with Crippen LogP contribution in [0.5, 0.6) is 0 Å². The number of ketones is 1. The number of imide groups is 1. The van der Waals surface area contributed by atoms with Crippen LogP contribution in [0.3, 0.4) is 0 Å². The lowest BCUT2D eigenvalue weighted by Crippen LogP contribution is -2.39. The Bertz CT molecular complexity index is 845. The third-order valence-corrected chi connectivity index (χ3v) is 4.20. The van der Waals surface area contributed by atoms with Gasteiger partial charge < -0.3 is 5.32 Å². The zero-order chi connectivity index (χ0) is 17.3. The molecule has 2 N–H and O–H groups in total. The molecule has 2 heterocycles. The van der Waals surface area contributed by atoms with Crippen molar-refractivity contribution in [1.29, 1.82) is 0 Å². The molecule has 24 heavy (non-hydrogen) atoms. The minimum Gasteiger partial charge on any atom is -0.378 e. The van der Waals surface area contributed by atoms with Crippen molar-refractivity contribution in [3.63, 3.8) is 0 Å². The van der Waals surface area contributed by atoms with Gasteiger partial charge in [-0.25, -0.2) is 0 Å². The number of hydrogen-bond acceptors (Lipinski definition) is 5. The van der Waals surface area contributed by atoms with E-state index in [1.807, 2.05) is 31.2 Å². The van der Waals surface area contributed by atoms with E-state index in [0.29, 0.717) is 12.8 Å². The first-order valence-corrected chi connectivity index (χ1v) is 7.92. The van der Waals surface area contributed by atoms with Crippen LogP contribution in [-0.4, -0.2) is 29.1 Å². The van der Waals surface area contributed by atoms with E-state index in [0.717, 1.165) is 27.8 Å². The van der Waals surface area contributed by atoms with Gasteiger partial charge in [0.25, 0.3) is 0 Å². The number of benzene rings is 1. The summed E-state index contributed by atoms with van der Waals surface area (Å²) in [6, 6.07) is 7.64. The van der Waals surface area contributed by atoms with Gasteiger partial charge in [-0.2, -0.15) is 0 Å². The Kier molecular flexibility index (Phi) is 4.29. The lowest BCUT2D eigenvalue weighted by atomic mass is 9.89. The highest BCUT2D eigenvalue weighted by atomic mass is 16.2. The van der Waals surface area contributed by atoms with Crippen molar-refractivity contribution < 1.29 is 14.4 Å². The first-order chi connectivity index (χ1) is 11.4. The average molecular weight is 325 g/mol. The van der Waals surface area contributed by atoms with Crippen LogP contribution >= 0.6 is 0 Å². The van der Waals surface area contributed by atoms with E-state index < -0.39 is 0 Å². The number of amides is 2. The Morgan fingerprint density at radius 1 is 1.33 bits per heavy atom. The number of nitrogens with one attached hydrogen (secondary N) is 2. The van der Waals surface area contributed by atoms with Gasteiger partial charge in [0.15, 0.2) is 0 Å². The average Bonchev–Trinajstić information content (AvgIpc) is 2.53. The molecule has 1 atom stereocenters. The van der Waals surface area contributed by atoms with Crippen molar-refractivity contribution in [3.8, 4) is 0 Å². The number of rotatable bonds is 4. The zero-order valence-electron chi connectivity index (χ0n) is 13.7. The van der Waals surface area contributed by atoms with Crippen molar-refractivity contribution in [2.75, 3.05) is 11.9 Å². The molecule has 3 rings (SSSR count). The normalized spacial score (nSPS) is 17.7. The fraction of sp³-hybridized carbons (Fsp3) is 0.333. The maximum atomic E-state index is 12.1. The Morgan fingerprint density at radius 3 is 2.83 bits per heavy atom. The number of hydrogen-bond donors (Lipinski definition) is 2. The van der Waals surface area contributed by atoms with Gasteiger partial charge in [-0.1, -0.05) is 0 Å². The number of anilines is 1. The van der Waals surface area contributed by atoms with Crippen LogP contribution < -0.4 is 10.6 Å².